The first-order chi connectivity index (χ1) is 14.1. The maximum atomic E-state index is 12.8. The van der Waals surface area contributed by atoms with E-state index in [1.165, 1.54) is 27.2 Å². The average Bonchev–Trinajstić information content (AvgIpc) is 3.06. The summed E-state index contributed by atoms with van der Waals surface area (Å²) in [6.07, 6.45) is 2.31. The van der Waals surface area contributed by atoms with Crippen LogP contribution in [0.1, 0.15) is 29.5 Å². The number of fused-ring (bicyclic) bond motifs is 3. The second-order valence-corrected chi connectivity index (χ2v) is 7.39. The Morgan fingerprint density at radius 3 is 2.21 bits per heavy atom. The molecule has 1 aliphatic carbocycles. The third kappa shape index (κ3) is 4.15. The van der Waals surface area contributed by atoms with E-state index in [-0.39, 0.29) is 19.1 Å². The van der Waals surface area contributed by atoms with Crippen molar-refractivity contribution < 1.29 is 14.6 Å². The summed E-state index contributed by atoms with van der Waals surface area (Å²) >= 11 is 0. The number of aliphatic hydroxyl groups is 1. The Labute approximate surface area is 170 Å². The van der Waals surface area contributed by atoms with Gasteiger partial charge in [-0.1, -0.05) is 48.5 Å². The zero-order valence-electron chi connectivity index (χ0n) is 16.4. The monoisotopic (exact) mass is 388 g/mol. The van der Waals surface area contributed by atoms with Crippen molar-refractivity contribution in [1.82, 2.24) is 9.88 Å². The molecule has 1 aliphatic rings. The van der Waals surface area contributed by atoms with Gasteiger partial charge in [0.25, 0.3) is 0 Å². The third-order valence-corrected chi connectivity index (χ3v) is 5.20. The van der Waals surface area contributed by atoms with Gasteiger partial charge in [0, 0.05) is 24.9 Å². The number of pyridine rings is 1. The Kier molecular flexibility index (Phi) is 5.58. The summed E-state index contributed by atoms with van der Waals surface area (Å²) in [7, 11) is 0. The van der Waals surface area contributed by atoms with Gasteiger partial charge in [0.2, 0.25) is 0 Å². The molecule has 0 spiro atoms. The molecular weight excluding hydrogens is 364 g/mol. The van der Waals surface area contributed by atoms with E-state index in [1.54, 1.807) is 19.3 Å². The maximum Gasteiger partial charge on any atom is 0.410 e. The number of carbonyl (C=O) groups is 1. The number of amides is 1. The van der Waals surface area contributed by atoms with Crippen molar-refractivity contribution >= 4 is 6.09 Å². The molecule has 1 N–H and O–H groups in total. The average molecular weight is 388 g/mol. The van der Waals surface area contributed by atoms with Crippen LogP contribution in [0.4, 0.5) is 4.79 Å². The lowest BCUT2D eigenvalue weighted by Gasteiger charge is -2.24. The highest BCUT2D eigenvalue weighted by molar-refractivity contribution is 5.79. The largest absolute Gasteiger partial charge is 0.448 e. The van der Waals surface area contributed by atoms with E-state index in [4.69, 9.17) is 4.74 Å². The van der Waals surface area contributed by atoms with Crippen LogP contribution in [-0.4, -0.2) is 40.3 Å². The summed E-state index contributed by atoms with van der Waals surface area (Å²) in [5.41, 5.74) is 5.69. The first kappa shape index (κ1) is 19.2. The van der Waals surface area contributed by atoms with Crippen molar-refractivity contribution in [3.63, 3.8) is 0 Å². The smallest absolute Gasteiger partial charge is 0.410 e. The van der Waals surface area contributed by atoms with Crippen molar-refractivity contribution in [2.75, 3.05) is 13.2 Å². The third-order valence-electron chi connectivity index (χ3n) is 5.20. The second-order valence-electron chi connectivity index (χ2n) is 7.39. The lowest BCUT2D eigenvalue weighted by atomic mass is 9.98. The predicted octanol–water partition coefficient (Wildman–Crippen LogP) is 4.21. The van der Waals surface area contributed by atoms with Gasteiger partial charge in [-0.3, -0.25) is 4.98 Å². The molecular formula is C24H24N2O3. The lowest BCUT2D eigenvalue weighted by Crippen LogP contribution is -2.37. The first-order valence-corrected chi connectivity index (χ1v) is 9.80. The van der Waals surface area contributed by atoms with E-state index in [0.717, 1.165) is 5.56 Å². The van der Waals surface area contributed by atoms with Crippen molar-refractivity contribution in [3.05, 3.63) is 89.7 Å². The standard InChI is InChI=1S/C24H24N2O3/c1-17(27)14-26(15-18-10-12-25-13-11-18)24(28)29-16-23-21-8-4-2-6-19(21)20-7-3-5-9-22(20)23/h2-13,17,23,27H,14-16H2,1H3/t17-/m1/s1. The number of ether oxygens (including phenoxy) is 1. The van der Waals surface area contributed by atoms with Crippen molar-refractivity contribution in [3.8, 4) is 11.1 Å². The number of nitrogens with zero attached hydrogens (tertiary/aromatic N) is 2. The Hall–Kier alpha value is -3.18. The van der Waals surface area contributed by atoms with E-state index in [1.807, 2.05) is 36.4 Å². The minimum atomic E-state index is -0.641. The van der Waals surface area contributed by atoms with Gasteiger partial charge in [0.15, 0.2) is 0 Å². The quantitative estimate of drug-likeness (QED) is 0.687. The predicted molar refractivity (Wildman–Crippen MR) is 111 cm³/mol. The van der Waals surface area contributed by atoms with E-state index in [2.05, 4.69) is 29.2 Å². The van der Waals surface area contributed by atoms with E-state index >= 15 is 0 Å². The van der Waals surface area contributed by atoms with E-state index < -0.39 is 12.2 Å². The van der Waals surface area contributed by atoms with Gasteiger partial charge in [-0.05, 0) is 46.9 Å². The fourth-order valence-electron chi connectivity index (χ4n) is 3.92. The van der Waals surface area contributed by atoms with Gasteiger partial charge in [-0.2, -0.15) is 0 Å². The molecule has 29 heavy (non-hydrogen) atoms. The highest BCUT2D eigenvalue weighted by Gasteiger charge is 2.29. The van der Waals surface area contributed by atoms with Crippen LogP contribution in [0.5, 0.6) is 0 Å². The number of benzene rings is 2. The summed E-state index contributed by atoms with van der Waals surface area (Å²) in [5.74, 6) is 0.0145. The number of aliphatic hydroxyl groups excluding tert-OH is 1. The molecule has 3 aromatic rings. The number of carbonyl (C=O) groups excluding carboxylic acids is 1. The van der Waals surface area contributed by atoms with Crippen molar-refractivity contribution in [1.29, 1.82) is 0 Å². The van der Waals surface area contributed by atoms with Crippen LogP contribution in [0.15, 0.2) is 73.1 Å². The Balaban J connectivity index is 1.50. The molecule has 148 valence electrons. The molecule has 4 rings (SSSR count). The summed E-state index contributed by atoms with van der Waals surface area (Å²) in [6.45, 7) is 2.50. The van der Waals surface area contributed by atoms with Crippen LogP contribution in [0.2, 0.25) is 0 Å². The minimum Gasteiger partial charge on any atom is -0.448 e. The molecule has 2 aromatic carbocycles. The fourth-order valence-corrected chi connectivity index (χ4v) is 3.92. The molecule has 0 bridgehead atoms. The zero-order valence-corrected chi connectivity index (χ0v) is 16.4. The molecule has 1 atom stereocenters. The van der Waals surface area contributed by atoms with Gasteiger partial charge < -0.3 is 14.7 Å². The Morgan fingerprint density at radius 1 is 1.03 bits per heavy atom. The van der Waals surface area contributed by atoms with E-state index in [0.29, 0.717) is 6.54 Å². The van der Waals surface area contributed by atoms with Crippen LogP contribution in [0.3, 0.4) is 0 Å². The molecule has 0 fully saturated rings. The second kappa shape index (κ2) is 8.45. The van der Waals surface area contributed by atoms with Crippen molar-refractivity contribution in [2.45, 2.75) is 25.5 Å². The van der Waals surface area contributed by atoms with Gasteiger partial charge in [-0.15, -0.1) is 0 Å². The lowest BCUT2D eigenvalue weighted by molar-refractivity contribution is 0.0732. The van der Waals surface area contributed by atoms with Crippen LogP contribution in [0, 0.1) is 0 Å². The first-order valence-electron chi connectivity index (χ1n) is 9.80. The fraction of sp³-hybridized carbons (Fsp3) is 0.250. The Morgan fingerprint density at radius 2 is 1.62 bits per heavy atom. The molecule has 5 nitrogen and oxygen atoms in total. The number of hydrogen-bond acceptors (Lipinski definition) is 4. The molecule has 1 amide bonds. The maximum absolute atomic E-state index is 12.8. The van der Waals surface area contributed by atoms with Gasteiger partial charge in [-0.25, -0.2) is 4.79 Å². The highest BCUT2D eigenvalue weighted by atomic mass is 16.6. The summed E-state index contributed by atoms with van der Waals surface area (Å²) in [5, 5.41) is 9.83. The zero-order chi connectivity index (χ0) is 20.2. The SMILES string of the molecule is C[C@@H](O)CN(Cc1ccncc1)C(=O)OCC1c2ccccc2-c2ccccc21. The molecule has 0 radical (unpaired) electrons. The van der Waals surface area contributed by atoms with Crippen LogP contribution >= 0.6 is 0 Å². The normalized spacial score (nSPS) is 13.4. The number of rotatable bonds is 6. The number of aromatic nitrogens is 1. The summed E-state index contributed by atoms with van der Waals surface area (Å²) in [4.78, 5) is 18.4. The van der Waals surface area contributed by atoms with Crippen LogP contribution < -0.4 is 0 Å². The molecule has 1 heterocycles. The van der Waals surface area contributed by atoms with Gasteiger partial charge >= 0.3 is 6.09 Å². The number of hydrogen-bond donors (Lipinski definition) is 1. The van der Waals surface area contributed by atoms with Crippen LogP contribution in [-0.2, 0) is 11.3 Å². The molecule has 0 saturated heterocycles. The molecule has 5 heteroatoms. The van der Waals surface area contributed by atoms with E-state index in [9.17, 15) is 9.90 Å². The van der Waals surface area contributed by atoms with Crippen LogP contribution in [0.25, 0.3) is 11.1 Å². The molecule has 0 aliphatic heterocycles. The molecule has 0 unspecified atom stereocenters. The van der Waals surface area contributed by atoms with Gasteiger partial charge in [0.05, 0.1) is 12.6 Å². The summed E-state index contributed by atoms with van der Waals surface area (Å²) < 4.78 is 5.74. The summed E-state index contributed by atoms with van der Waals surface area (Å²) in [6, 6.07) is 20.2. The molecule has 0 saturated carbocycles. The van der Waals surface area contributed by atoms with Gasteiger partial charge in [0.1, 0.15) is 6.61 Å². The topological polar surface area (TPSA) is 62.7 Å². The highest BCUT2D eigenvalue weighted by Crippen LogP contribution is 2.44. The Bertz CT molecular complexity index is 943. The minimum absolute atomic E-state index is 0.0145. The molecule has 1 aromatic heterocycles. The van der Waals surface area contributed by atoms with Crippen molar-refractivity contribution in [2.24, 2.45) is 0 Å².